The van der Waals surface area contributed by atoms with Crippen molar-refractivity contribution < 1.29 is 14.6 Å². The SMILES string of the molecule is COc1ccc(C)cc1-n1nnnc1SC[C@H](O)COc1c(C)ccc(C)c1C. The van der Waals surface area contributed by atoms with Gasteiger partial charge in [-0.2, -0.15) is 4.68 Å². The maximum atomic E-state index is 10.4. The molecule has 0 saturated heterocycles. The first-order chi connectivity index (χ1) is 13.9. The summed E-state index contributed by atoms with van der Waals surface area (Å²) in [5.74, 6) is 1.92. The molecule has 0 fully saturated rings. The quantitative estimate of drug-likeness (QED) is 0.566. The fourth-order valence-corrected chi connectivity index (χ4v) is 3.72. The number of benzene rings is 2. The lowest BCUT2D eigenvalue weighted by Crippen LogP contribution is -2.21. The Morgan fingerprint density at radius 3 is 2.62 bits per heavy atom. The molecule has 29 heavy (non-hydrogen) atoms. The highest BCUT2D eigenvalue weighted by Gasteiger charge is 2.16. The molecule has 154 valence electrons. The van der Waals surface area contributed by atoms with Gasteiger partial charge in [0.1, 0.15) is 23.8 Å². The number of aliphatic hydroxyl groups excluding tert-OH is 1. The van der Waals surface area contributed by atoms with E-state index in [1.807, 2.05) is 52.0 Å². The number of methoxy groups -OCH3 is 1. The van der Waals surface area contributed by atoms with Crippen LogP contribution < -0.4 is 9.47 Å². The number of aliphatic hydroxyl groups is 1. The monoisotopic (exact) mass is 414 g/mol. The predicted molar refractivity (Wildman–Crippen MR) is 113 cm³/mol. The number of tetrazole rings is 1. The van der Waals surface area contributed by atoms with E-state index in [0.717, 1.165) is 28.1 Å². The normalized spacial score (nSPS) is 12.1. The van der Waals surface area contributed by atoms with Gasteiger partial charge in [0, 0.05) is 5.75 Å². The first kappa shape index (κ1) is 21.1. The maximum absolute atomic E-state index is 10.4. The highest BCUT2D eigenvalue weighted by Crippen LogP contribution is 2.28. The molecule has 8 heteroatoms. The summed E-state index contributed by atoms with van der Waals surface area (Å²) in [5.41, 5.74) is 5.16. The van der Waals surface area contributed by atoms with Crippen LogP contribution in [-0.4, -0.2) is 50.9 Å². The zero-order valence-corrected chi connectivity index (χ0v) is 18.2. The van der Waals surface area contributed by atoms with Gasteiger partial charge in [-0.1, -0.05) is 30.0 Å². The number of hydrogen-bond donors (Lipinski definition) is 1. The van der Waals surface area contributed by atoms with E-state index in [1.54, 1.807) is 11.8 Å². The first-order valence-corrected chi connectivity index (χ1v) is 10.3. The van der Waals surface area contributed by atoms with Crippen LogP contribution >= 0.6 is 11.8 Å². The van der Waals surface area contributed by atoms with Crippen molar-refractivity contribution in [2.45, 2.75) is 39.0 Å². The molecule has 3 aromatic rings. The minimum atomic E-state index is -0.663. The molecule has 1 N–H and O–H groups in total. The van der Waals surface area contributed by atoms with Crippen LogP contribution in [0, 0.1) is 27.7 Å². The van der Waals surface area contributed by atoms with Gasteiger partial charge in [-0.15, -0.1) is 5.10 Å². The molecule has 0 aliphatic carbocycles. The fourth-order valence-electron chi connectivity index (χ4n) is 2.93. The molecule has 2 aromatic carbocycles. The Kier molecular flexibility index (Phi) is 6.76. The smallest absolute Gasteiger partial charge is 0.214 e. The topological polar surface area (TPSA) is 82.3 Å². The number of nitrogens with zero attached hydrogens (tertiary/aromatic N) is 4. The largest absolute Gasteiger partial charge is 0.494 e. The summed E-state index contributed by atoms with van der Waals surface area (Å²) < 4.78 is 13.0. The Hall–Kier alpha value is -2.58. The molecule has 0 saturated carbocycles. The van der Waals surface area contributed by atoms with Crippen molar-refractivity contribution >= 4 is 11.8 Å². The van der Waals surface area contributed by atoms with Crippen molar-refractivity contribution in [3.63, 3.8) is 0 Å². The molecule has 0 amide bonds. The predicted octanol–water partition coefficient (Wildman–Crippen LogP) is 3.44. The molecule has 0 aliphatic rings. The second-order valence-corrected chi connectivity index (χ2v) is 7.97. The van der Waals surface area contributed by atoms with E-state index < -0.39 is 6.10 Å². The highest BCUT2D eigenvalue weighted by atomic mass is 32.2. The molecule has 0 aliphatic heterocycles. The van der Waals surface area contributed by atoms with Crippen molar-refractivity contribution in [1.82, 2.24) is 20.2 Å². The Balaban J connectivity index is 1.66. The average Bonchev–Trinajstić information content (AvgIpc) is 3.17. The van der Waals surface area contributed by atoms with Gasteiger partial charge in [-0.3, -0.25) is 0 Å². The van der Waals surface area contributed by atoms with Crippen LogP contribution in [0.2, 0.25) is 0 Å². The van der Waals surface area contributed by atoms with Gasteiger partial charge in [-0.05, 0) is 72.5 Å². The summed E-state index contributed by atoms with van der Waals surface area (Å²) in [7, 11) is 1.61. The zero-order valence-electron chi connectivity index (χ0n) is 17.3. The van der Waals surface area contributed by atoms with Crippen molar-refractivity contribution in [2.75, 3.05) is 19.5 Å². The first-order valence-electron chi connectivity index (χ1n) is 9.34. The van der Waals surface area contributed by atoms with E-state index in [4.69, 9.17) is 9.47 Å². The lowest BCUT2D eigenvalue weighted by Gasteiger charge is -2.16. The van der Waals surface area contributed by atoms with Crippen molar-refractivity contribution in [3.8, 4) is 17.2 Å². The van der Waals surface area contributed by atoms with E-state index in [9.17, 15) is 5.11 Å². The van der Waals surface area contributed by atoms with Crippen LogP contribution in [0.4, 0.5) is 0 Å². The number of aromatic nitrogens is 4. The Morgan fingerprint density at radius 1 is 1.10 bits per heavy atom. The Labute approximate surface area is 175 Å². The minimum absolute atomic E-state index is 0.202. The van der Waals surface area contributed by atoms with Gasteiger partial charge >= 0.3 is 0 Å². The van der Waals surface area contributed by atoms with Crippen LogP contribution in [0.1, 0.15) is 22.3 Å². The van der Waals surface area contributed by atoms with Crippen molar-refractivity contribution in [3.05, 3.63) is 52.6 Å². The summed E-state index contributed by atoms with van der Waals surface area (Å²) in [4.78, 5) is 0. The Bertz CT molecular complexity index is 990. The molecule has 1 atom stereocenters. The Morgan fingerprint density at radius 2 is 1.86 bits per heavy atom. The lowest BCUT2D eigenvalue weighted by atomic mass is 10.1. The summed E-state index contributed by atoms with van der Waals surface area (Å²) >= 11 is 1.37. The van der Waals surface area contributed by atoms with E-state index in [0.29, 0.717) is 16.7 Å². The van der Waals surface area contributed by atoms with Gasteiger partial charge in [0.25, 0.3) is 0 Å². The zero-order chi connectivity index (χ0) is 21.0. The van der Waals surface area contributed by atoms with Crippen molar-refractivity contribution in [1.29, 1.82) is 0 Å². The van der Waals surface area contributed by atoms with E-state index in [2.05, 4.69) is 21.6 Å². The van der Waals surface area contributed by atoms with Gasteiger partial charge in [0.05, 0.1) is 13.2 Å². The van der Waals surface area contributed by atoms with Gasteiger partial charge in [0.2, 0.25) is 5.16 Å². The molecular weight excluding hydrogens is 388 g/mol. The molecule has 0 radical (unpaired) electrons. The summed E-state index contributed by atoms with van der Waals surface area (Å²) in [6, 6.07) is 9.92. The fraction of sp³-hybridized carbons (Fsp3) is 0.381. The van der Waals surface area contributed by atoms with E-state index >= 15 is 0 Å². The van der Waals surface area contributed by atoms with Crippen molar-refractivity contribution in [2.24, 2.45) is 0 Å². The van der Waals surface area contributed by atoms with E-state index in [-0.39, 0.29) is 6.61 Å². The van der Waals surface area contributed by atoms with Crippen LogP contribution in [0.15, 0.2) is 35.5 Å². The maximum Gasteiger partial charge on any atom is 0.214 e. The third-order valence-corrected chi connectivity index (χ3v) is 5.77. The minimum Gasteiger partial charge on any atom is -0.494 e. The molecule has 0 unspecified atom stereocenters. The molecule has 7 nitrogen and oxygen atoms in total. The molecule has 0 bridgehead atoms. The number of hydrogen-bond acceptors (Lipinski definition) is 7. The van der Waals surface area contributed by atoms with E-state index in [1.165, 1.54) is 17.3 Å². The van der Waals surface area contributed by atoms with Crippen LogP contribution in [0.3, 0.4) is 0 Å². The summed E-state index contributed by atoms with van der Waals surface area (Å²) in [6.07, 6.45) is -0.663. The number of aryl methyl sites for hydroxylation is 3. The van der Waals surface area contributed by atoms with Crippen LogP contribution in [-0.2, 0) is 0 Å². The van der Waals surface area contributed by atoms with Gasteiger partial charge in [-0.25, -0.2) is 0 Å². The molecule has 1 heterocycles. The standard InChI is InChI=1S/C21H26N4O3S/c1-13-6-9-19(27-5)18(10-13)25-21(22-23-24-25)29-12-17(26)11-28-20-15(3)8-7-14(2)16(20)4/h6-10,17,26H,11-12H2,1-5H3/t17-/m1/s1. The molecule has 0 spiro atoms. The number of rotatable bonds is 8. The number of ether oxygens (including phenoxy) is 2. The van der Waals surface area contributed by atoms with Gasteiger partial charge < -0.3 is 14.6 Å². The number of thioether (sulfide) groups is 1. The second-order valence-electron chi connectivity index (χ2n) is 6.98. The van der Waals surface area contributed by atoms with Crippen LogP contribution in [0.5, 0.6) is 11.5 Å². The van der Waals surface area contributed by atoms with Crippen LogP contribution in [0.25, 0.3) is 5.69 Å². The molecule has 3 rings (SSSR count). The lowest BCUT2D eigenvalue weighted by molar-refractivity contribution is 0.125. The second kappa shape index (κ2) is 9.28. The third kappa shape index (κ3) is 4.89. The summed E-state index contributed by atoms with van der Waals surface area (Å²) in [5, 5.41) is 22.9. The van der Waals surface area contributed by atoms with Gasteiger partial charge in [0.15, 0.2) is 0 Å². The molecular formula is C21H26N4O3S. The third-order valence-electron chi connectivity index (χ3n) is 4.70. The molecule has 1 aromatic heterocycles. The highest BCUT2D eigenvalue weighted by molar-refractivity contribution is 7.99. The average molecular weight is 415 g/mol. The summed E-state index contributed by atoms with van der Waals surface area (Å²) in [6.45, 7) is 8.28.